The summed E-state index contributed by atoms with van der Waals surface area (Å²) in [4.78, 5) is 15.3. The van der Waals surface area contributed by atoms with E-state index in [1.807, 2.05) is 24.3 Å². The highest BCUT2D eigenvalue weighted by molar-refractivity contribution is 6.30. The quantitative estimate of drug-likeness (QED) is 0.816. The zero-order chi connectivity index (χ0) is 16.9. The lowest BCUT2D eigenvalue weighted by atomic mass is 9.78. The largest absolute Gasteiger partial charge is 0.354 e. The predicted molar refractivity (Wildman–Crippen MR) is 97.0 cm³/mol. The minimum atomic E-state index is -0.362. The van der Waals surface area contributed by atoms with Crippen molar-refractivity contribution in [2.24, 2.45) is 0 Å². The number of rotatable bonds is 7. The first-order valence-corrected chi connectivity index (χ1v) is 9.16. The van der Waals surface area contributed by atoms with E-state index >= 15 is 0 Å². The molecule has 0 bridgehead atoms. The number of hydrogen-bond acceptors (Lipinski definition) is 2. The van der Waals surface area contributed by atoms with Crippen molar-refractivity contribution in [2.45, 2.75) is 57.9 Å². The van der Waals surface area contributed by atoms with Crippen LogP contribution < -0.4 is 5.32 Å². The number of nitrogens with zero attached hydrogens (tertiary/aromatic N) is 1. The molecule has 1 fully saturated rings. The molecule has 23 heavy (non-hydrogen) atoms. The first kappa shape index (κ1) is 18.3. The third kappa shape index (κ3) is 4.27. The van der Waals surface area contributed by atoms with Crippen molar-refractivity contribution >= 4 is 17.5 Å². The molecule has 2 rings (SSSR count). The molecule has 0 saturated heterocycles. The summed E-state index contributed by atoms with van der Waals surface area (Å²) in [5.41, 5.74) is 0.743. The Kier molecular flexibility index (Phi) is 6.49. The van der Waals surface area contributed by atoms with Crippen LogP contribution in [0.1, 0.15) is 52.0 Å². The summed E-state index contributed by atoms with van der Waals surface area (Å²) < 4.78 is 0. The summed E-state index contributed by atoms with van der Waals surface area (Å²) in [6, 6.07) is 8.32. The van der Waals surface area contributed by atoms with Gasteiger partial charge < -0.3 is 5.32 Å². The Bertz CT molecular complexity index is 507. The van der Waals surface area contributed by atoms with E-state index in [4.69, 9.17) is 11.6 Å². The molecule has 3 nitrogen and oxygen atoms in total. The Hall–Kier alpha value is -1.06. The predicted octanol–water partition coefficient (Wildman–Crippen LogP) is 4.00. The zero-order valence-corrected chi connectivity index (χ0v) is 15.3. The third-order valence-corrected chi connectivity index (χ3v) is 5.36. The average Bonchev–Trinajstić information content (AvgIpc) is 3.02. The first-order chi connectivity index (χ1) is 11.0. The Morgan fingerprint density at radius 1 is 1.26 bits per heavy atom. The minimum absolute atomic E-state index is 0.178. The molecule has 1 amide bonds. The highest BCUT2D eigenvalue weighted by atomic mass is 35.5. The summed E-state index contributed by atoms with van der Waals surface area (Å²) in [5.74, 6) is 0.178. The molecular weight excluding hydrogens is 308 g/mol. The number of hydrogen-bond donors (Lipinski definition) is 1. The molecule has 1 aromatic carbocycles. The van der Waals surface area contributed by atoms with Crippen molar-refractivity contribution in [3.8, 4) is 0 Å². The van der Waals surface area contributed by atoms with Crippen molar-refractivity contribution < 1.29 is 4.79 Å². The van der Waals surface area contributed by atoms with Crippen LogP contribution in [0.5, 0.6) is 0 Å². The fourth-order valence-corrected chi connectivity index (χ4v) is 3.78. The first-order valence-electron chi connectivity index (χ1n) is 8.78. The molecule has 0 radical (unpaired) electrons. The van der Waals surface area contributed by atoms with Gasteiger partial charge in [0, 0.05) is 24.2 Å². The molecule has 0 atom stereocenters. The molecule has 4 heteroatoms. The van der Waals surface area contributed by atoms with Gasteiger partial charge in [-0.2, -0.15) is 0 Å². The van der Waals surface area contributed by atoms with Gasteiger partial charge in [-0.15, -0.1) is 0 Å². The van der Waals surface area contributed by atoms with Gasteiger partial charge in [-0.25, -0.2) is 0 Å². The van der Waals surface area contributed by atoms with Crippen LogP contribution in [0.4, 0.5) is 0 Å². The minimum Gasteiger partial charge on any atom is -0.354 e. The maximum atomic E-state index is 12.9. The van der Waals surface area contributed by atoms with E-state index < -0.39 is 0 Å². The van der Waals surface area contributed by atoms with Crippen LogP contribution >= 0.6 is 11.6 Å². The van der Waals surface area contributed by atoms with Crippen molar-refractivity contribution in [2.75, 3.05) is 19.6 Å². The van der Waals surface area contributed by atoms with Crippen molar-refractivity contribution in [3.05, 3.63) is 34.9 Å². The number of likely N-dealkylation sites (N-methyl/N-ethyl adjacent to an activating group) is 1. The monoisotopic (exact) mass is 336 g/mol. The second kappa shape index (κ2) is 8.16. The van der Waals surface area contributed by atoms with E-state index in [0.717, 1.165) is 49.4 Å². The molecule has 128 valence electrons. The number of carbonyl (C=O) groups excluding carboxylic acids is 1. The van der Waals surface area contributed by atoms with Crippen LogP contribution in [0.2, 0.25) is 5.02 Å². The molecule has 1 aliphatic rings. The van der Waals surface area contributed by atoms with Gasteiger partial charge in [0.2, 0.25) is 5.91 Å². The van der Waals surface area contributed by atoms with Crippen LogP contribution in [0, 0.1) is 0 Å². The van der Waals surface area contributed by atoms with Gasteiger partial charge in [-0.1, -0.05) is 43.5 Å². The molecular formula is C19H29ClN2O. The van der Waals surface area contributed by atoms with Crippen LogP contribution in [-0.4, -0.2) is 36.5 Å². The van der Waals surface area contributed by atoms with Crippen LogP contribution in [-0.2, 0) is 10.2 Å². The standard InChI is InChI=1S/C19H29ClN2O/c1-4-22(15(2)3)14-13-21-18(23)19(11-5-6-12-19)16-7-9-17(20)10-8-16/h7-10,15H,4-6,11-14H2,1-3H3,(H,21,23). The van der Waals surface area contributed by atoms with Gasteiger partial charge >= 0.3 is 0 Å². The Labute approximate surface area is 145 Å². The van der Waals surface area contributed by atoms with Crippen molar-refractivity contribution in [1.29, 1.82) is 0 Å². The lowest BCUT2D eigenvalue weighted by Gasteiger charge is -2.30. The maximum Gasteiger partial charge on any atom is 0.230 e. The summed E-state index contributed by atoms with van der Waals surface area (Å²) in [7, 11) is 0. The van der Waals surface area contributed by atoms with Crippen molar-refractivity contribution in [1.82, 2.24) is 10.2 Å². The summed E-state index contributed by atoms with van der Waals surface area (Å²) >= 11 is 6.00. The highest BCUT2D eigenvalue weighted by Crippen LogP contribution is 2.41. The SMILES string of the molecule is CCN(CCNC(=O)C1(c2ccc(Cl)cc2)CCCC1)C(C)C. The number of amides is 1. The van der Waals surface area contributed by atoms with Crippen LogP contribution in [0.3, 0.4) is 0 Å². The average molecular weight is 337 g/mol. The summed E-state index contributed by atoms with van der Waals surface area (Å²) in [5, 5.41) is 3.90. The van der Waals surface area contributed by atoms with Gasteiger partial charge in [0.15, 0.2) is 0 Å². The van der Waals surface area contributed by atoms with Crippen LogP contribution in [0.15, 0.2) is 24.3 Å². The topological polar surface area (TPSA) is 32.3 Å². The Morgan fingerprint density at radius 2 is 1.87 bits per heavy atom. The van der Waals surface area contributed by atoms with Gasteiger partial charge in [-0.05, 0) is 50.9 Å². The van der Waals surface area contributed by atoms with E-state index in [2.05, 4.69) is 31.0 Å². The molecule has 1 aromatic rings. The lowest BCUT2D eigenvalue weighted by molar-refractivity contribution is -0.126. The van der Waals surface area contributed by atoms with E-state index in [-0.39, 0.29) is 11.3 Å². The van der Waals surface area contributed by atoms with Gasteiger partial charge in [-0.3, -0.25) is 9.69 Å². The highest BCUT2D eigenvalue weighted by Gasteiger charge is 2.42. The maximum absolute atomic E-state index is 12.9. The molecule has 0 spiro atoms. The fourth-order valence-electron chi connectivity index (χ4n) is 3.66. The molecule has 1 N–H and O–H groups in total. The van der Waals surface area contributed by atoms with Gasteiger partial charge in [0.25, 0.3) is 0 Å². The van der Waals surface area contributed by atoms with Gasteiger partial charge in [0.05, 0.1) is 5.41 Å². The fraction of sp³-hybridized carbons (Fsp3) is 0.632. The number of nitrogens with one attached hydrogen (secondary N) is 1. The number of carbonyl (C=O) groups is 1. The second-order valence-electron chi connectivity index (χ2n) is 6.77. The lowest BCUT2D eigenvalue weighted by Crippen LogP contribution is -2.46. The number of benzene rings is 1. The summed E-state index contributed by atoms with van der Waals surface area (Å²) in [6.45, 7) is 9.16. The van der Waals surface area contributed by atoms with Crippen LogP contribution in [0.25, 0.3) is 0 Å². The molecule has 0 aliphatic heterocycles. The zero-order valence-electron chi connectivity index (χ0n) is 14.6. The second-order valence-corrected chi connectivity index (χ2v) is 7.21. The number of halogens is 1. The smallest absolute Gasteiger partial charge is 0.230 e. The molecule has 0 heterocycles. The van der Waals surface area contributed by atoms with E-state index in [1.54, 1.807) is 0 Å². The Balaban J connectivity index is 2.03. The molecule has 0 aromatic heterocycles. The van der Waals surface area contributed by atoms with E-state index in [1.165, 1.54) is 0 Å². The molecule has 0 unspecified atom stereocenters. The Morgan fingerprint density at radius 3 is 2.39 bits per heavy atom. The molecule has 1 aliphatic carbocycles. The third-order valence-electron chi connectivity index (χ3n) is 5.11. The normalized spacial score (nSPS) is 17.0. The summed E-state index contributed by atoms with van der Waals surface area (Å²) in [6.07, 6.45) is 4.09. The molecule has 1 saturated carbocycles. The van der Waals surface area contributed by atoms with Gasteiger partial charge in [0.1, 0.15) is 0 Å². The van der Waals surface area contributed by atoms with Crippen molar-refractivity contribution in [3.63, 3.8) is 0 Å². The van der Waals surface area contributed by atoms with E-state index in [0.29, 0.717) is 12.6 Å². The van der Waals surface area contributed by atoms with E-state index in [9.17, 15) is 4.79 Å².